The molecular formula is C14H16BrN3O2. The monoisotopic (exact) mass is 337 g/mol. The Morgan fingerprint density at radius 3 is 2.55 bits per heavy atom. The fourth-order valence-electron chi connectivity index (χ4n) is 1.98. The highest BCUT2D eigenvalue weighted by atomic mass is 79.9. The second kappa shape index (κ2) is 6.69. The summed E-state index contributed by atoms with van der Waals surface area (Å²) in [6.07, 6.45) is 1.73. The normalized spacial score (nSPS) is 12.0. The minimum Gasteiger partial charge on any atom is -0.493 e. The molecule has 1 heterocycles. The van der Waals surface area contributed by atoms with E-state index in [1.54, 1.807) is 20.4 Å². The minimum atomic E-state index is -0.245. The SMILES string of the molecule is COc1ccc(C(NN)c2ncccc2Br)cc1OC. The maximum atomic E-state index is 5.68. The number of ether oxygens (including phenoxy) is 2. The van der Waals surface area contributed by atoms with E-state index in [2.05, 4.69) is 26.3 Å². The van der Waals surface area contributed by atoms with Crippen molar-refractivity contribution in [2.24, 2.45) is 5.84 Å². The molecule has 1 unspecified atom stereocenters. The van der Waals surface area contributed by atoms with Crippen molar-refractivity contribution in [3.63, 3.8) is 0 Å². The van der Waals surface area contributed by atoms with E-state index in [1.165, 1.54) is 0 Å². The zero-order valence-electron chi connectivity index (χ0n) is 11.3. The molecule has 1 atom stereocenters. The van der Waals surface area contributed by atoms with E-state index in [1.807, 2.05) is 30.3 Å². The lowest BCUT2D eigenvalue weighted by molar-refractivity contribution is 0.354. The summed E-state index contributed by atoms with van der Waals surface area (Å²) in [4.78, 5) is 4.36. The third-order valence-electron chi connectivity index (χ3n) is 2.97. The van der Waals surface area contributed by atoms with E-state index < -0.39 is 0 Å². The Labute approximate surface area is 126 Å². The lowest BCUT2D eigenvalue weighted by Gasteiger charge is -2.18. The number of halogens is 1. The van der Waals surface area contributed by atoms with Crippen LogP contribution in [0.1, 0.15) is 17.3 Å². The molecule has 2 aromatic rings. The maximum Gasteiger partial charge on any atom is 0.161 e. The van der Waals surface area contributed by atoms with E-state index in [4.69, 9.17) is 15.3 Å². The number of benzene rings is 1. The van der Waals surface area contributed by atoms with E-state index in [-0.39, 0.29) is 6.04 Å². The van der Waals surface area contributed by atoms with Gasteiger partial charge in [-0.25, -0.2) is 5.43 Å². The number of hydrogen-bond acceptors (Lipinski definition) is 5. The highest BCUT2D eigenvalue weighted by Crippen LogP contribution is 2.33. The molecule has 0 aliphatic carbocycles. The molecule has 0 fully saturated rings. The van der Waals surface area contributed by atoms with Gasteiger partial charge in [-0.1, -0.05) is 6.07 Å². The van der Waals surface area contributed by atoms with Crippen molar-refractivity contribution in [3.8, 4) is 11.5 Å². The standard InChI is InChI=1S/C14H16BrN3O2/c1-19-11-6-5-9(8-12(11)20-2)13(18-16)14-10(15)4-3-7-17-14/h3-8,13,18H,16H2,1-2H3. The average Bonchev–Trinajstić information content (AvgIpc) is 2.49. The number of nitrogens with two attached hydrogens (primary N) is 1. The fraction of sp³-hybridized carbons (Fsp3) is 0.214. The van der Waals surface area contributed by atoms with Gasteiger partial charge in [-0.05, 0) is 45.8 Å². The summed E-state index contributed by atoms with van der Waals surface area (Å²) in [5.74, 6) is 7.01. The largest absolute Gasteiger partial charge is 0.493 e. The van der Waals surface area contributed by atoms with E-state index in [0.29, 0.717) is 11.5 Å². The van der Waals surface area contributed by atoms with E-state index in [0.717, 1.165) is 15.7 Å². The van der Waals surface area contributed by atoms with Gasteiger partial charge in [0.15, 0.2) is 11.5 Å². The predicted molar refractivity (Wildman–Crippen MR) is 80.6 cm³/mol. The van der Waals surface area contributed by atoms with Gasteiger partial charge in [-0.3, -0.25) is 10.8 Å². The smallest absolute Gasteiger partial charge is 0.161 e. The quantitative estimate of drug-likeness (QED) is 0.647. The van der Waals surface area contributed by atoms with Crippen LogP contribution in [0.5, 0.6) is 11.5 Å². The van der Waals surface area contributed by atoms with Crippen molar-refractivity contribution in [2.45, 2.75) is 6.04 Å². The minimum absolute atomic E-state index is 0.245. The van der Waals surface area contributed by atoms with Crippen LogP contribution in [0.4, 0.5) is 0 Å². The number of rotatable bonds is 5. The van der Waals surface area contributed by atoms with Crippen LogP contribution < -0.4 is 20.7 Å². The molecule has 0 aliphatic rings. The van der Waals surface area contributed by atoms with Gasteiger partial charge in [0.1, 0.15) is 0 Å². The van der Waals surface area contributed by atoms with Crippen LogP contribution in [-0.2, 0) is 0 Å². The molecule has 0 aliphatic heterocycles. The molecular weight excluding hydrogens is 322 g/mol. The van der Waals surface area contributed by atoms with Gasteiger partial charge in [0.05, 0.1) is 26.0 Å². The molecule has 0 amide bonds. The Hall–Kier alpha value is -1.63. The second-order valence-electron chi connectivity index (χ2n) is 4.08. The topological polar surface area (TPSA) is 69.4 Å². The molecule has 1 aromatic carbocycles. The van der Waals surface area contributed by atoms with Gasteiger partial charge in [0.2, 0.25) is 0 Å². The molecule has 0 bridgehead atoms. The summed E-state index contributed by atoms with van der Waals surface area (Å²) in [5, 5.41) is 0. The maximum absolute atomic E-state index is 5.68. The summed E-state index contributed by atoms with van der Waals surface area (Å²) in [6.45, 7) is 0. The van der Waals surface area contributed by atoms with Crippen LogP contribution in [0.3, 0.4) is 0 Å². The molecule has 0 saturated carbocycles. The molecule has 5 nitrogen and oxygen atoms in total. The summed E-state index contributed by atoms with van der Waals surface area (Å²) in [7, 11) is 3.20. The van der Waals surface area contributed by atoms with Crippen molar-refractivity contribution in [1.82, 2.24) is 10.4 Å². The van der Waals surface area contributed by atoms with Gasteiger partial charge in [0, 0.05) is 10.7 Å². The Bertz CT molecular complexity index is 592. The first-order valence-corrected chi connectivity index (χ1v) is 6.79. The summed E-state index contributed by atoms with van der Waals surface area (Å²) < 4.78 is 11.4. The van der Waals surface area contributed by atoms with Crippen molar-refractivity contribution in [1.29, 1.82) is 0 Å². The molecule has 20 heavy (non-hydrogen) atoms. The van der Waals surface area contributed by atoms with Crippen molar-refractivity contribution >= 4 is 15.9 Å². The van der Waals surface area contributed by atoms with Crippen LogP contribution in [-0.4, -0.2) is 19.2 Å². The molecule has 3 N–H and O–H groups in total. The van der Waals surface area contributed by atoms with Gasteiger partial charge in [-0.15, -0.1) is 0 Å². The Morgan fingerprint density at radius 2 is 1.95 bits per heavy atom. The highest BCUT2D eigenvalue weighted by molar-refractivity contribution is 9.10. The molecule has 0 radical (unpaired) electrons. The first kappa shape index (κ1) is 14.8. The summed E-state index contributed by atoms with van der Waals surface area (Å²) in [6, 6.07) is 9.18. The van der Waals surface area contributed by atoms with Crippen molar-refractivity contribution in [3.05, 3.63) is 52.3 Å². The molecule has 0 saturated heterocycles. The van der Waals surface area contributed by atoms with Gasteiger partial charge >= 0.3 is 0 Å². The Balaban J connectivity index is 2.45. The van der Waals surface area contributed by atoms with E-state index >= 15 is 0 Å². The van der Waals surface area contributed by atoms with Crippen LogP contribution in [0, 0.1) is 0 Å². The van der Waals surface area contributed by atoms with Crippen LogP contribution >= 0.6 is 15.9 Å². The van der Waals surface area contributed by atoms with Gasteiger partial charge in [-0.2, -0.15) is 0 Å². The lowest BCUT2D eigenvalue weighted by Crippen LogP contribution is -2.29. The van der Waals surface area contributed by atoms with Crippen molar-refractivity contribution < 1.29 is 9.47 Å². The zero-order valence-corrected chi connectivity index (χ0v) is 12.8. The number of nitrogens with zero attached hydrogens (tertiary/aromatic N) is 1. The predicted octanol–water partition coefficient (Wildman–Crippen LogP) is 2.41. The van der Waals surface area contributed by atoms with Crippen LogP contribution in [0.25, 0.3) is 0 Å². The van der Waals surface area contributed by atoms with Crippen LogP contribution in [0.15, 0.2) is 41.0 Å². The Kier molecular flexibility index (Phi) is 4.94. The number of pyridine rings is 1. The second-order valence-corrected chi connectivity index (χ2v) is 4.94. The first-order chi connectivity index (χ1) is 9.71. The van der Waals surface area contributed by atoms with E-state index in [9.17, 15) is 0 Å². The number of nitrogens with one attached hydrogen (secondary N) is 1. The molecule has 106 valence electrons. The van der Waals surface area contributed by atoms with Crippen molar-refractivity contribution in [2.75, 3.05) is 14.2 Å². The first-order valence-electron chi connectivity index (χ1n) is 5.99. The summed E-state index contributed by atoms with van der Waals surface area (Å²) in [5.41, 5.74) is 4.52. The lowest BCUT2D eigenvalue weighted by atomic mass is 10.0. The van der Waals surface area contributed by atoms with Crippen LogP contribution in [0.2, 0.25) is 0 Å². The zero-order chi connectivity index (χ0) is 14.5. The number of aromatic nitrogens is 1. The summed E-state index contributed by atoms with van der Waals surface area (Å²) >= 11 is 3.48. The number of methoxy groups -OCH3 is 2. The average molecular weight is 338 g/mol. The third-order valence-corrected chi connectivity index (χ3v) is 3.64. The van der Waals surface area contributed by atoms with Gasteiger partial charge < -0.3 is 9.47 Å². The highest BCUT2D eigenvalue weighted by Gasteiger charge is 2.18. The molecule has 1 aromatic heterocycles. The van der Waals surface area contributed by atoms with Gasteiger partial charge in [0.25, 0.3) is 0 Å². The molecule has 0 spiro atoms. The molecule has 6 heteroatoms. The Morgan fingerprint density at radius 1 is 1.20 bits per heavy atom. The number of hydrogen-bond donors (Lipinski definition) is 2. The fourth-order valence-corrected chi connectivity index (χ4v) is 2.46. The molecule has 2 rings (SSSR count). The third kappa shape index (κ3) is 2.92. The number of hydrazine groups is 1.